The van der Waals surface area contributed by atoms with E-state index in [0.29, 0.717) is 0 Å². The molecule has 0 amide bonds. The molecular formula is C50H46B2N2O. The third-order valence-corrected chi connectivity index (χ3v) is 12.9. The normalized spacial score (nSPS) is 14.7. The summed E-state index contributed by atoms with van der Waals surface area (Å²) in [4.78, 5) is 2.74. The van der Waals surface area contributed by atoms with Gasteiger partial charge in [-0.1, -0.05) is 129 Å². The van der Waals surface area contributed by atoms with Crippen LogP contribution in [0.5, 0.6) is 11.5 Å². The molecule has 0 fully saturated rings. The zero-order valence-electron chi connectivity index (χ0n) is 33.4. The lowest BCUT2D eigenvalue weighted by molar-refractivity contribution is 0.488. The summed E-state index contributed by atoms with van der Waals surface area (Å²) >= 11 is 0. The second kappa shape index (κ2) is 10.7. The smallest absolute Gasteiger partial charge is 0.329 e. The second-order valence-electron chi connectivity index (χ2n) is 19.5. The van der Waals surface area contributed by atoms with E-state index in [9.17, 15) is 0 Å². The monoisotopic (exact) mass is 712 g/mol. The van der Waals surface area contributed by atoms with Crippen LogP contribution in [0.3, 0.4) is 0 Å². The number of fused-ring (bicyclic) bond motifs is 10. The number of hydrogen-bond acceptors (Lipinski definition) is 2. The van der Waals surface area contributed by atoms with E-state index in [4.69, 9.17) is 4.74 Å². The minimum atomic E-state index is -0.0419. The van der Waals surface area contributed by atoms with Gasteiger partial charge in [-0.3, -0.25) is 0 Å². The zero-order chi connectivity index (χ0) is 37.9. The molecular weight excluding hydrogens is 666 g/mol. The summed E-state index contributed by atoms with van der Waals surface area (Å²) in [6.45, 7) is 21.1. The van der Waals surface area contributed by atoms with E-state index in [1.54, 1.807) is 0 Å². The first-order valence-electron chi connectivity index (χ1n) is 20.0. The van der Waals surface area contributed by atoms with Crippen molar-refractivity contribution in [3.8, 4) is 39.4 Å². The Morgan fingerprint density at radius 2 is 1.11 bits per heavy atom. The summed E-state index contributed by atoms with van der Waals surface area (Å²) < 4.78 is 9.39. The molecule has 5 heteroatoms. The maximum Gasteiger partial charge on any atom is 0.329 e. The molecule has 55 heavy (non-hydrogen) atoms. The SMILES string of the molecule is CC(C)(C)c1ccc2c(c1)B1c3cc(C(C)(C)C)ccc3-c3ccc4c5c3N1c1c(cc(C(C)(C)C)cc1-2)B5c1cc2ccn(-c3ccccc3)c2cc1O4. The molecule has 11 rings (SSSR count). The Morgan fingerprint density at radius 1 is 0.491 bits per heavy atom. The van der Waals surface area contributed by atoms with Gasteiger partial charge in [-0.2, -0.15) is 0 Å². The van der Waals surface area contributed by atoms with E-state index < -0.39 is 0 Å². The Hall–Kier alpha value is -5.41. The predicted octanol–water partition coefficient (Wildman–Crippen LogP) is 9.36. The Kier molecular flexibility index (Phi) is 6.39. The number of benzene rings is 6. The highest BCUT2D eigenvalue weighted by Gasteiger charge is 2.52. The summed E-state index contributed by atoms with van der Waals surface area (Å²) in [6, 6.07) is 41.9. The maximum absolute atomic E-state index is 7.11. The molecule has 4 aliphatic rings. The second-order valence-corrected chi connectivity index (χ2v) is 19.5. The van der Waals surface area contributed by atoms with Crippen LogP contribution in [-0.2, 0) is 16.2 Å². The van der Waals surface area contributed by atoms with Gasteiger partial charge in [-0.25, -0.2) is 0 Å². The number of para-hydroxylation sites is 1. The van der Waals surface area contributed by atoms with Crippen molar-refractivity contribution in [2.75, 3.05) is 4.81 Å². The van der Waals surface area contributed by atoms with Gasteiger partial charge in [-0.15, -0.1) is 0 Å². The van der Waals surface area contributed by atoms with Gasteiger partial charge >= 0.3 is 6.85 Å². The Bertz CT molecular complexity index is 2810. The molecule has 1 aromatic heterocycles. The predicted molar refractivity (Wildman–Crippen MR) is 235 cm³/mol. The first kappa shape index (κ1) is 33.0. The summed E-state index contributed by atoms with van der Waals surface area (Å²) in [5.41, 5.74) is 21.1. The largest absolute Gasteiger partial charge is 0.458 e. The van der Waals surface area contributed by atoms with Crippen molar-refractivity contribution in [2.24, 2.45) is 0 Å². The number of nitrogens with zero attached hydrogens (tertiary/aromatic N) is 2. The molecule has 0 spiro atoms. The lowest BCUT2D eigenvalue weighted by Crippen LogP contribution is -2.68. The topological polar surface area (TPSA) is 17.4 Å². The average molecular weight is 713 g/mol. The summed E-state index contributed by atoms with van der Waals surface area (Å²) in [5.74, 6) is 1.90. The third kappa shape index (κ3) is 4.53. The minimum Gasteiger partial charge on any atom is -0.458 e. The highest BCUT2D eigenvalue weighted by molar-refractivity contribution is 7.03. The maximum atomic E-state index is 7.11. The number of anilines is 2. The van der Waals surface area contributed by atoms with Gasteiger partial charge in [-0.05, 0) is 113 Å². The molecule has 0 saturated carbocycles. The summed E-state index contributed by atoms with van der Waals surface area (Å²) in [6.07, 6.45) is 2.20. The molecule has 6 aromatic carbocycles. The number of rotatable bonds is 1. The average Bonchev–Trinajstić information content (AvgIpc) is 3.56. The van der Waals surface area contributed by atoms with Crippen molar-refractivity contribution >= 4 is 63.2 Å². The van der Waals surface area contributed by atoms with Gasteiger partial charge in [0.05, 0.1) is 5.52 Å². The van der Waals surface area contributed by atoms with Crippen molar-refractivity contribution in [2.45, 2.75) is 78.6 Å². The Labute approximate surface area is 326 Å². The van der Waals surface area contributed by atoms with Gasteiger partial charge in [0.1, 0.15) is 11.5 Å². The van der Waals surface area contributed by atoms with Crippen LogP contribution in [-0.4, -0.2) is 18.1 Å². The zero-order valence-corrected chi connectivity index (χ0v) is 33.4. The summed E-state index contributed by atoms with van der Waals surface area (Å²) in [5, 5.41) is 1.22. The van der Waals surface area contributed by atoms with Gasteiger partial charge in [0.15, 0.2) is 0 Å². The number of ether oxygens (including phenoxy) is 1. The molecule has 0 N–H and O–H groups in total. The van der Waals surface area contributed by atoms with E-state index in [2.05, 4.69) is 187 Å². The van der Waals surface area contributed by atoms with E-state index in [1.165, 1.54) is 83.0 Å². The molecule has 0 atom stereocenters. The van der Waals surface area contributed by atoms with Gasteiger partial charge in [0.25, 0.3) is 6.71 Å². The van der Waals surface area contributed by atoms with Crippen LogP contribution in [0.1, 0.15) is 79.0 Å². The molecule has 0 radical (unpaired) electrons. The molecule has 5 heterocycles. The van der Waals surface area contributed by atoms with Crippen molar-refractivity contribution in [3.63, 3.8) is 0 Å². The lowest BCUT2D eigenvalue weighted by atomic mass is 9.31. The lowest BCUT2D eigenvalue weighted by Gasteiger charge is -2.50. The van der Waals surface area contributed by atoms with Crippen LogP contribution >= 0.6 is 0 Å². The Morgan fingerprint density at radius 3 is 1.76 bits per heavy atom. The molecule has 0 aliphatic carbocycles. The molecule has 268 valence electrons. The highest BCUT2D eigenvalue weighted by atomic mass is 16.5. The van der Waals surface area contributed by atoms with Crippen molar-refractivity contribution in [1.82, 2.24) is 4.57 Å². The van der Waals surface area contributed by atoms with Crippen molar-refractivity contribution in [3.05, 3.63) is 132 Å². The van der Waals surface area contributed by atoms with Crippen LogP contribution in [0.25, 0.3) is 38.8 Å². The molecule has 0 saturated heterocycles. The fourth-order valence-electron chi connectivity index (χ4n) is 9.94. The fourth-order valence-corrected chi connectivity index (χ4v) is 9.94. The van der Waals surface area contributed by atoms with Gasteiger partial charge in [0, 0.05) is 40.5 Å². The Balaban J connectivity index is 1.27. The van der Waals surface area contributed by atoms with E-state index in [1.807, 2.05) is 0 Å². The minimum absolute atomic E-state index is 0.0187. The van der Waals surface area contributed by atoms with Crippen LogP contribution in [0.2, 0.25) is 0 Å². The van der Waals surface area contributed by atoms with E-state index in [0.717, 1.165) is 22.7 Å². The van der Waals surface area contributed by atoms with Crippen molar-refractivity contribution in [1.29, 1.82) is 0 Å². The standard InChI is InChI=1S/C50H46B2N2O/c1-48(2,3)30-15-17-34-36-19-20-43-45-47(36)54-46-37(35-18-16-31(49(4,5)6)26-39(35)52(54)38(34)25-30)24-32(50(7,8)9)27-41(46)51(45)40-23-29-21-22-53(33-13-11-10-12-14-33)42(29)28-44(40)55-43/h10-28H,1-9H3. The molecule has 3 nitrogen and oxygen atoms in total. The van der Waals surface area contributed by atoms with E-state index >= 15 is 0 Å². The van der Waals surface area contributed by atoms with Crippen LogP contribution < -0.4 is 36.9 Å². The van der Waals surface area contributed by atoms with E-state index in [-0.39, 0.29) is 29.8 Å². The van der Waals surface area contributed by atoms with Crippen molar-refractivity contribution < 1.29 is 4.74 Å². The molecule has 4 aliphatic heterocycles. The molecule has 0 bridgehead atoms. The summed E-state index contributed by atoms with van der Waals surface area (Å²) in [7, 11) is 0. The highest BCUT2D eigenvalue weighted by Crippen LogP contribution is 2.51. The quantitative estimate of drug-likeness (QED) is 0.158. The van der Waals surface area contributed by atoms with Gasteiger partial charge < -0.3 is 14.1 Å². The van der Waals surface area contributed by atoms with Crippen LogP contribution in [0, 0.1) is 0 Å². The third-order valence-electron chi connectivity index (χ3n) is 12.9. The molecule has 7 aromatic rings. The van der Waals surface area contributed by atoms with Crippen LogP contribution in [0.4, 0.5) is 11.4 Å². The first-order valence-corrected chi connectivity index (χ1v) is 20.0. The number of hydrogen-bond donors (Lipinski definition) is 0. The fraction of sp³-hybridized carbons (Fsp3) is 0.240. The van der Waals surface area contributed by atoms with Crippen LogP contribution in [0.15, 0.2) is 115 Å². The number of aromatic nitrogens is 1. The first-order chi connectivity index (χ1) is 26.2. The molecule has 0 unspecified atom stereocenters. The van der Waals surface area contributed by atoms with Gasteiger partial charge in [0.2, 0.25) is 0 Å².